The Labute approximate surface area is 69.8 Å². The Kier molecular flexibility index (Phi) is 3.94. The van der Waals surface area contributed by atoms with Gasteiger partial charge in [0, 0.05) is 16.7 Å². The minimum atomic E-state index is -0.950. The molecule has 0 aromatic rings. The van der Waals surface area contributed by atoms with Crippen LogP contribution in [0, 0.1) is 5.41 Å². The van der Waals surface area contributed by atoms with Crippen LogP contribution in [0.15, 0.2) is 0 Å². The normalized spacial score (nSPS) is 11.5. The first-order valence-electron chi connectivity index (χ1n) is 3.40. The number of hydrogen-bond donors (Lipinski definition) is 0. The van der Waals surface area contributed by atoms with Gasteiger partial charge in [-0.15, -0.1) is 0 Å². The first kappa shape index (κ1) is 9.95. The molecule has 0 bridgehead atoms. The largest absolute Gasteiger partial charge is 0.550 e. The number of carbonyl (C=O) groups excluding carboxylic acids is 1. The average molecular weight is 208 g/mol. The molecule has 2 nitrogen and oxygen atoms in total. The van der Waals surface area contributed by atoms with Crippen LogP contribution in [0.25, 0.3) is 0 Å². The van der Waals surface area contributed by atoms with Crippen molar-refractivity contribution in [3.05, 3.63) is 0 Å². The Morgan fingerprint density at radius 3 is 1.90 bits per heavy atom. The minimum Gasteiger partial charge on any atom is -0.550 e. The van der Waals surface area contributed by atoms with Crippen molar-refractivity contribution >= 4 is 21.9 Å². The monoisotopic (exact) mass is 207 g/mol. The van der Waals surface area contributed by atoms with Gasteiger partial charge in [0.1, 0.15) is 0 Å². The van der Waals surface area contributed by atoms with Crippen molar-refractivity contribution in [2.75, 3.05) is 5.33 Å². The molecular weight excluding hydrogens is 196 g/mol. The number of aliphatic carboxylic acids is 1. The summed E-state index contributed by atoms with van der Waals surface area (Å²) in [5, 5.41) is 11.1. The summed E-state index contributed by atoms with van der Waals surface area (Å²) in [5.41, 5.74) is -0.653. The molecule has 0 heterocycles. The van der Waals surface area contributed by atoms with Crippen LogP contribution in [0.1, 0.15) is 26.7 Å². The standard InChI is InChI=1S/C7H13BrO2/c1-3-7(4-2,5-8)6(9)10/h3-5H2,1-2H3,(H,9,10)/p-1. The second kappa shape index (κ2) is 3.96. The molecule has 0 rings (SSSR count). The molecule has 0 amide bonds. The fraction of sp³-hybridized carbons (Fsp3) is 0.857. The number of hydrogen-bond acceptors (Lipinski definition) is 2. The molecule has 0 radical (unpaired) electrons. The van der Waals surface area contributed by atoms with Crippen molar-refractivity contribution in [2.45, 2.75) is 26.7 Å². The molecule has 10 heavy (non-hydrogen) atoms. The van der Waals surface area contributed by atoms with Gasteiger partial charge in [-0.2, -0.15) is 0 Å². The van der Waals surface area contributed by atoms with Gasteiger partial charge in [0.15, 0.2) is 0 Å². The lowest BCUT2D eigenvalue weighted by molar-refractivity contribution is -0.318. The van der Waals surface area contributed by atoms with Gasteiger partial charge in [-0.3, -0.25) is 0 Å². The summed E-state index contributed by atoms with van der Waals surface area (Å²) in [6.07, 6.45) is 1.24. The maximum Gasteiger partial charge on any atom is 0.0484 e. The smallest absolute Gasteiger partial charge is 0.0484 e. The Morgan fingerprint density at radius 2 is 1.90 bits per heavy atom. The van der Waals surface area contributed by atoms with Crippen LogP contribution in [0.5, 0.6) is 0 Å². The van der Waals surface area contributed by atoms with E-state index in [1.807, 2.05) is 13.8 Å². The third-order valence-electron chi connectivity index (χ3n) is 2.04. The first-order chi connectivity index (χ1) is 4.63. The van der Waals surface area contributed by atoms with Gasteiger partial charge in [-0.25, -0.2) is 0 Å². The number of carbonyl (C=O) groups is 1. The highest BCUT2D eigenvalue weighted by molar-refractivity contribution is 9.09. The van der Waals surface area contributed by atoms with E-state index in [1.54, 1.807) is 0 Å². The maximum atomic E-state index is 10.6. The predicted molar refractivity (Wildman–Crippen MR) is 41.8 cm³/mol. The summed E-state index contributed by atoms with van der Waals surface area (Å²) in [7, 11) is 0. The fourth-order valence-electron chi connectivity index (χ4n) is 0.782. The Hall–Kier alpha value is -0.0500. The van der Waals surface area contributed by atoms with Crippen LogP contribution in [-0.2, 0) is 4.79 Å². The van der Waals surface area contributed by atoms with Gasteiger partial charge in [-0.1, -0.05) is 29.8 Å². The molecule has 0 aliphatic heterocycles. The molecule has 0 aliphatic rings. The van der Waals surface area contributed by atoms with E-state index in [2.05, 4.69) is 15.9 Å². The first-order valence-corrected chi connectivity index (χ1v) is 4.52. The van der Waals surface area contributed by atoms with E-state index < -0.39 is 11.4 Å². The topological polar surface area (TPSA) is 40.1 Å². The molecular formula is C7H12BrO2-. The number of carboxylic acid groups (broad SMARTS) is 1. The van der Waals surface area contributed by atoms with E-state index in [4.69, 9.17) is 0 Å². The van der Waals surface area contributed by atoms with Gasteiger partial charge in [-0.05, 0) is 12.8 Å². The molecule has 0 saturated heterocycles. The van der Waals surface area contributed by atoms with Crippen molar-refractivity contribution in [1.29, 1.82) is 0 Å². The molecule has 0 N–H and O–H groups in total. The number of carboxylic acids is 1. The zero-order chi connectivity index (χ0) is 8.20. The third kappa shape index (κ3) is 1.72. The molecule has 0 spiro atoms. The number of rotatable bonds is 4. The molecule has 0 unspecified atom stereocenters. The third-order valence-corrected chi connectivity index (χ3v) is 3.12. The lowest BCUT2D eigenvalue weighted by Crippen LogP contribution is -2.42. The van der Waals surface area contributed by atoms with Crippen LogP contribution >= 0.6 is 15.9 Å². The van der Waals surface area contributed by atoms with Gasteiger partial charge in [0.25, 0.3) is 0 Å². The van der Waals surface area contributed by atoms with Crippen molar-refractivity contribution in [1.82, 2.24) is 0 Å². The summed E-state index contributed by atoms with van der Waals surface area (Å²) in [6, 6.07) is 0. The van der Waals surface area contributed by atoms with Crippen molar-refractivity contribution in [3.63, 3.8) is 0 Å². The predicted octanol–water partition coefficient (Wildman–Crippen LogP) is 0.938. The van der Waals surface area contributed by atoms with Crippen LogP contribution < -0.4 is 5.11 Å². The van der Waals surface area contributed by atoms with Crippen LogP contribution in [0.2, 0.25) is 0 Å². The van der Waals surface area contributed by atoms with E-state index in [0.29, 0.717) is 18.2 Å². The van der Waals surface area contributed by atoms with Crippen molar-refractivity contribution in [3.8, 4) is 0 Å². The molecule has 0 fully saturated rings. The van der Waals surface area contributed by atoms with E-state index in [1.165, 1.54) is 0 Å². The minimum absolute atomic E-state index is 0.481. The Balaban J connectivity index is 4.31. The Bertz CT molecular complexity index is 111. The van der Waals surface area contributed by atoms with Gasteiger partial charge < -0.3 is 9.90 Å². The SMILES string of the molecule is CCC(CC)(CBr)C(=O)[O-]. The summed E-state index contributed by atoms with van der Waals surface area (Å²) in [5.74, 6) is -0.950. The van der Waals surface area contributed by atoms with Gasteiger partial charge >= 0.3 is 0 Å². The van der Waals surface area contributed by atoms with Crippen LogP contribution in [0.4, 0.5) is 0 Å². The summed E-state index contributed by atoms with van der Waals surface area (Å²) >= 11 is 3.17. The zero-order valence-corrected chi connectivity index (χ0v) is 7.90. The summed E-state index contributed by atoms with van der Waals surface area (Å²) in [6.45, 7) is 3.72. The van der Waals surface area contributed by atoms with E-state index >= 15 is 0 Å². The molecule has 0 aliphatic carbocycles. The number of alkyl halides is 1. The Morgan fingerprint density at radius 1 is 1.50 bits per heavy atom. The van der Waals surface area contributed by atoms with Crippen molar-refractivity contribution < 1.29 is 9.90 Å². The highest BCUT2D eigenvalue weighted by Crippen LogP contribution is 2.27. The van der Waals surface area contributed by atoms with Crippen LogP contribution in [0.3, 0.4) is 0 Å². The molecule has 0 aromatic carbocycles. The molecule has 0 saturated carbocycles. The fourth-order valence-corrected chi connectivity index (χ4v) is 1.80. The highest BCUT2D eigenvalue weighted by Gasteiger charge is 2.25. The lowest BCUT2D eigenvalue weighted by Gasteiger charge is -2.30. The zero-order valence-electron chi connectivity index (χ0n) is 6.32. The van der Waals surface area contributed by atoms with E-state index in [0.717, 1.165) is 0 Å². The molecule has 3 heteroatoms. The van der Waals surface area contributed by atoms with E-state index in [-0.39, 0.29) is 0 Å². The summed E-state index contributed by atoms with van der Waals surface area (Å²) < 4.78 is 0. The lowest BCUT2D eigenvalue weighted by atomic mass is 9.85. The average Bonchev–Trinajstić information content (AvgIpc) is 1.92. The van der Waals surface area contributed by atoms with Crippen molar-refractivity contribution in [2.24, 2.45) is 5.41 Å². The number of halogens is 1. The second-order valence-electron chi connectivity index (χ2n) is 2.41. The molecule has 0 aromatic heterocycles. The highest BCUT2D eigenvalue weighted by atomic mass is 79.9. The van der Waals surface area contributed by atoms with Gasteiger partial charge in [0.05, 0.1) is 0 Å². The van der Waals surface area contributed by atoms with Crippen LogP contribution in [-0.4, -0.2) is 11.3 Å². The maximum absolute atomic E-state index is 10.6. The van der Waals surface area contributed by atoms with Gasteiger partial charge in [0.2, 0.25) is 0 Å². The molecule has 60 valence electrons. The quantitative estimate of drug-likeness (QED) is 0.645. The second-order valence-corrected chi connectivity index (χ2v) is 2.97. The molecule has 0 atom stereocenters. The van der Waals surface area contributed by atoms with E-state index in [9.17, 15) is 9.90 Å². The summed E-state index contributed by atoms with van der Waals surface area (Å²) in [4.78, 5) is 10.6.